The van der Waals surface area contributed by atoms with Gasteiger partial charge in [0, 0.05) is 12.0 Å². The van der Waals surface area contributed by atoms with Gasteiger partial charge in [-0.1, -0.05) is 5.16 Å². The number of benzene rings is 1. The molecule has 3 aromatic rings. The number of hydrogen-bond donors (Lipinski definition) is 0. The van der Waals surface area contributed by atoms with Crippen LogP contribution in [0.25, 0.3) is 11.4 Å². The number of aromatic nitrogens is 4. The average molecular weight is 419 g/mol. The molecule has 1 aromatic carbocycles. The summed E-state index contributed by atoms with van der Waals surface area (Å²) in [5.74, 6) is 0.149. The van der Waals surface area contributed by atoms with Gasteiger partial charge >= 0.3 is 6.18 Å². The minimum atomic E-state index is -4.53. The molecule has 2 aromatic heterocycles. The second-order valence-corrected chi connectivity index (χ2v) is 6.03. The lowest BCUT2D eigenvalue weighted by Gasteiger charge is -2.02. The molecule has 0 aliphatic heterocycles. The highest BCUT2D eigenvalue weighted by Crippen LogP contribution is 2.35. The summed E-state index contributed by atoms with van der Waals surface area (Å²) in [6.45, 7) is 1.68. The highest BCUT2D eigenvalue weighted by atomic mass is 79.9. The Morgan fingerprint density at radius 3 is 2.48 bits per heavy atom. The van der Waals surface area contributed by atoms with Crippen LogP contribution in [0.2, 0.25) is 0 Å². The maximum Gasteiger partial charge on any atom is 0.436 e. The fourth-order valence-electron chi connectivity index (χ4n) is 2.20. The molecule has 0 bridgehead atoms. The highest BCUT2D eigenvalue weighted by molar-refractivity contribution is 9.10. The van der Waals surface area contributed by atoms with E-state index in [-0.39, 0.29) is 35.0 Å². The number of nitrogens with zero attached hydrogens (tertiary/aromatic N) is 4. The van der Waals surface area contributed by atoms with Crippen molar-refractivity contribution in [2.45, 2.75) is 26.1 Å². The topological polar surface area (TPSA) is 56.7 Å². The largest absolute Gasteiger partial charge is 0.436 e. The molecule has 25 heavy (non-hydrogen) atoms. The van der Waals surface area contributed by atoms with Gasteiger partial charge < -0.3 is 4.52 Å². The maximum absolute atomic E-state index is 12.9. The fraction of sp³-hybridized carbons (Fsp3) is 0.267. The molecule has 132 valence electrons. The summed E-state index contributed by atoms with van der Waals surface area (Å²) in [5, 5.41) is 7.37. The maximum atomic E-state index is 12.9. The quantitative estimate of drug-likeness (QED) is 0.589. The first kappa shape index (κ1) is 17.6. The molecule has 0 aliphatic rings. The summed E-state index contributed by atoms with van der Waals surface area (Å²) in [7, 11) is 0. The van der Waals surface area contributed by atoms with E-state index in [4.69, 9.17) is 4.52 Å². The number of aryl methyl sites for hydroxylation is 2. The number of halogens is 5. The lowest BCUT2D eigenvalue weighted by atomic mass is 10.2. The van der Waals surface area contributed by atoms with E-state index in [2.05, 4.69) is 31.2 Å². The first-order chi connectivity index (χ1) is 11.8. The van der Waals surface area contributed by atoms with E-state index >= 15 is 0 Å². The Morgan fingerprint density at radius 2 is 1.88 bits per heavy atom. The Kier molecular flexibility index (Phi) is 4.63. The van der Waals surface area contributed by atoms with Crippen LogP contribution in [0.15, 0.2) is 33.3 Å². The van der Waals surface area contributed by atoms with Gasteiger partial charge in [0.1, 0.15) is 5.82 Å². The molecule has 2 heterocycles. The van der Waals surface area contributed by atoms with Crippen molar-refractivity contribution >= 4 is 15.9 Å². The van der Waals surface area contributed by atoms with Gasteiger partial charge in [-0.05, 0) is 47.1 Å². The summed E-state index contributed by atoms with van der Waals surface area (Å²) in [6, 6.07) is 5.56. The fourth-order valence-corrected chi connectivity index (χ4v) is 2.71. The smallest absolute Gasteiger partial charge is 0.339 e. The van der Waals surface area contributed by atoms with Crippen LogP contribution in [0, 0.1) is 12.7 Å². The molecule has 0 spiro atoms. The van der Waals surface area contributed by atoms with Gasteiger partial charge in [-0.15, -0.1) is 0 Å². The van der Waals surface area contributed by atoms with Crippen molar-refractivity contribution in [3.63, 3.8) is 0 Å². The van der Waals surface area contributed by atoms with Crippen LogP contribution < -0.4 is 0 Å². The molecular weight excluding hydrogens is 408 g/mol. The number of rotatable bonds is 4. The molecule has 0 saturated carbocycles. The average Bonchev–Trinajstić information content (AvgIpc) is 3.12. The first-order valence-corrected chi connectivity index (χ1v) is 7.93. The molecular formula is C15H11BrF4N4O. The lowest BCUT2D eigenvalue weighted by Crippen LogP contribution is -2.10. The Balaban J connectivity index is 1.74. The van der Waals surface area contributed by atoms with Crippen LogP contribution in [0.5, 0.6) is 0 Å². The van der Waals surface area contributed by atoms with Crippen molar-refractivity contribution in [2.75, 3.05) is 0 Å². The van der Waals surface area contributed by atoms with Crippen LogP contribution in [0.1, 0.15) is 17.3 Å². The molecule has 10 heteroatoms. The SMILES string of the molecule is Cc1c(Br)c(C(F)(F)F)nn1CCc1nc(-c2ccc(F)cc2)no1. The zero-order chi connectivity index (χ0) is 18.2. The summed E-state index contributed by atoms with van der Waals surface area (Å²) in [4.78, 5) is 4.16. The predicted octanol–water partition coefficient (Wildman–Crippen LogP) is 4.40. The van der Waals surface area contributed by atoms with Crippen molar-refractivity contribution in [3.05, 3.63) is 51.8 Å². The van der Waals surface area contributed by atoms with Gasteiger partial charge in [0.2, 0.25) is 11.7 Å². The minimum Gasteiger partial charge on any atom is -0.339 e. The summed E-state index contributed by atoms with van der Waals surface area (Å²) in [6.07, 6.45) is -4.32. The van der Waals surface area contributed by atoms with Crippen molar-refractivity contribution in [1.82, 2.24) is 19.9 Å². The molecule has 0 atom stereocenters. The normalized spacial score (nSPS) is 11.9. The van der Waals surface area contributed by atoms with Crippen molar-refractivity contribution in [3.8, 4) is 11.4 Å². The van der Waals surface area contributed by atoms with Crippen molar-refractivity contribution < 1.29 is 22.1 Å². The third-order valence-corrected chi connectivity index (χ3v) is 4.46. The van der Waals surface area contributed by atoms with Crippen LogP contribution >= 0.6 is 15.9 Å². The van der Waals surface area contributed by atoms with E-state index in [0.29, 0.717) is 11.3 Å². The Morgan fingerprint density at radius 1 is 1.20 bits per heavy atom. The van der Waals surface area contributed by atoms with Crippen LogP contribution in [-0.2, 0) is 19.1 Å². The standard InChI is InChI=1S/C15H11BrF4N4O/c1-8-12(16)13(15(18,19)20)22-24(8)7-6-11-21-14(23-25-11)9-2-4-10(17)5-3-9/h2-5H,6-7H2,1H3. The summed E-state index contributed by atoms with van der Waals surface area (Å²) < 4.78 is 57.7. The van der Waals surface area contributed by atoms with E-state index in [0.717, 1.165) is 0 Å². The highest BCUT2D eigenvalue weighted by Gasteiger charge is 2.37. The van der Waals surface area contributed by atoms with Crippen LogP contribution in [-0.4, -0.2) is 19.9 Å². The second-order valence-electron chi connectivity index (χ2n) is 5.24. The van der Waals surface area contributed by atoms with Crippen LogP contribution in [0.4, 0.5) is 17.6 Å². The number of alkyl halides is 3. The minimum absolute atomic E-state index is 0.0856. The Bertz CT molecular complexity index is 886. The predicted molar refractivity (Wildman–Crippen MR) is 83.1 cm³/mol. The van der Waals surface area contributed by atoms with Gasteiger partial charge in [-0.25, -0.2) is 4.39 Å². The van der Waals surface area contributed by atoms with Gasteiger partial charge in [0.05, 0.1) is 16.7 Å². The molecule has 0 radical (unpaired) electrons. The van der Waals surface area contributed by atoms with E-state index in [9.17, 15) is 17.6 Å². The molecule has 5 nitrogen and oxygen atoms in total. The van der Waals surface area contributed by atoms with E-state index in [1.165, 1.54) is 35.9 Å². The summed E-state index contributed by atoms with van der Waals surface area (Å²) >= 11 is 2.92. The molecule has 0 saturated heterocycles. The number of hydrogen-bond acceptors (Lipinski definition) is 4. The van der Waals surface area contributed by atoms with E-state index in [1.54, 1.807) is 0 Å². The van der Waals surface area contributed by atoms with Gasteiger partial charge in [-0.2, -0.15) is 23.3 Å². The van der Waals surface area contributed by atoms with Crippen LogP contribution in [0.3, 0.4) is 0 Å². The van der Waals surface area contributed by atoms with E-state index < -0.39 is 11.9 Å². The summed E-state index contributed by atoms with van der Waals surface area (Å²) in [5.41, 5.74) is -0.0399. The zero-order valence-electron chi connectivity index (χ0n) is 12.8. The van der Waals surface area contributed by atoms with Crippen molar-refractivity contribution in [2.24, 2.45) is 0 Å². The molecule has 0 unspecified atom stereocenters. The zero-order valence-corrected chi connectivity index (χ0v) is 14.4. The van der Waals surface area contributed by atoms with Gasteiger partial charge in [0.25, 0.3) is 0 Å². The van der Waals surface area contributed by atoms with Gasteiger partial charge in [-0.3, -0.25) is 4.68 Å². The molecule has 0 aliphatic carbocycles. The second kappa shape index (κ2) is 6.58. The van der Waals surface area contributed by atoms with Crippen molar-refractivity contribution in [1.29, 1.82) is 0 Å². The Labute approximate surface area is 147 Å². The monoisotopic (exact) mass is 418 g/mol. The first-order valence-electron chi connectivity index (χ1n) is 7.14. The molecule has 0 amide bonds. The molecule has 3 rings (SSSR count). The molecule has 0 N–H and O–H groups in total. The Hall–Kier alpha value is -2.23. The third kappa shape index (κ3) is 3.73. The van der Waals surface area contributed by atoms with E-state index in [1.807, 2.05) is 0 Å². The lowest BCUT2D eigenvalue weighted by molar-refractivity contribution is -0.142. The third-order valence-electron chi connectivity index (χ3n) is 3.51. The van der Waals surface area contributed by atoms with Gasteiger partial charge in [0.15, 0.2) is 5.69 Å². The molecule has 0 fully saturated rings.